The molecule has 0 saturated heterocycles. The van der Waals surface area contributed by atoms with Crippen molar-refractivity contribution in [2.45, 2.75) is 19.4 Å². The lowest BCUT2D eigenvalue weighted by molar-refractivity contribution is -0.120. The second-order valence-corrected chi connectivity index (χ2v) is 6.46. The molecule has 0 saturated carbocycles. The first kappa shape index (κ1) is 16.6. The summed E-state index contributed by atoms with van der Waals surface area (Å²) < 4.78 is 10.7. The number of carbonyl (C=O) groups excluding carboxylic acids is 1. The van der Waals surface area contributed by atoms with Gasteiger partial charge >= 0.3 is 0 Å². The lowest BCUT2D eigenvalue weighted by Crippen LogP contribution is -2.44. The molecule has 26 heavy (non-hydrogen) atoms. The molecule has 1 atom stereocenters. The van der Waals surface area contributed by atoms with Gasteiger partial charge in [-0.1, -0.05) is 12.1 Å². The van der Waals surface area contributed by atoms with Crippen molar-refractivity contribution in [1.29, 1.82) is 0 Å². The van der Waals surface area contributed by atoms with Gasteiger partial charge in [0.2, 0.25) is 12.7 Å². The summed E-state index contributed by atoms with van der Waals surface area (Å²) in [4.78, 5) is 19.1. The minimum atomic E-state index is -0.235. The second-order valence-electron chi connectivity index (χ2n) is 6.46. The number of aromatic nitrogens is 1. The lowest BCUT2D eigenvalue weighted by atomic mass is 10.0. The molecular weight excluding hydrogens is 330 g/mol. The lowest BCUT2D eigenvalue weighted by Gasteiger charge is -2.32. The van der Waals surface area contributed by atoms with E-state index in [-0.39, 0.29) is 18.7 Å². The molecule has 4 rings (SSSR count). The fourth-order valence-electron chi connectivity index (χ4n) is 3.25. The smallest absolute Gasteiger partial charge is 0.241 e. The van der Waals surface area contributed by atoms with Crippen LogP contribution in [0.3, 0.4) is 0 Å². The van der Waals surface area contributed by atoms with Crippen molar-refractivity contribution in [2.24, 2.45) is 0 Å². The highest BCUT2D eigenvalue weighted by Gasteiger charge is 2.25. The molecule has 6 heteroatoms. The first-order valence-corrected chi connectivity index (χ1v) is 8.75. The highest BCUT2D eigenvalue weighted by Crippen LogP contribution is 2.34. The third-order valence-electron chi connectivity index (χ3n) is 4.78. The third kappa shape index (κ3) is 3.41. The van der Waals surface area contributed by atoms with Crippen LogP contribution in [-0.4, -0.2) is 41.7 Å². The number of hydrogen-bond acceptors (Lipinski definition) is 5. The molecule has 0 fully saturated rings. The number of ether oxygens (including phenoxy) is 2. The van der Waals surface area contributed by atoms with Gasteiger partial charge in [0, 0.05) is 37.2 Å². The molecule has 1 aromatic heterocycles. The molecule has 3 heterocycles. The molecule has 6 nitrogen and oxygen atoms in total. The molecule has 0 radical (unpaired) electrons. The molecule has 0 aliphatic carbocycles. The largest absolute Gasteiger partial charge is 0.454 e. The zero-order valence-corrected chi connectivity index (χ0v) is 14.6. The standard InChI is InChI=1S/C20H21N3O3/c1-14(20(24)22-17-6-7-18-19(10-17)26-13-25-18)23-9-3-5-16(12-23)15-4-2-8-21-11-15/h2,4-8,10-11,14H,3,9,12-13H2,1H3,(H,22,24). The number of nitrogens with zero attached hydrogens (tertiary/aromatic N) is 2. The molecule has 1 N–H and O–H groups in total. The highest BCUT2D eigenvalue weighted by molar-refractivity contribution is 5.95. The number of anilines is 1. The van der Waals surface area contributed by atoms with Gasteiger partial charge in [0.05, 0.1) is 6.04 Å². The zero-order valence-electron chi connectivity index (χ0n) is 14.6. The van der Waals surface area contributed by atoms with Gasteiger partial charge in [-0.15, -0.1) is 0 Å². The van der Waals surface area contributed by atoms with Crippen molar-refractivity contribution in [3.05, 3.63) is 54.4 Å². The van der Waals surface area contributed by atoms with Crippen LogP contribution in [0, 0.1) is 0 Å². The maximum atomic E-state index is 12.7. The Morgan fingerprint density at radius 1 is 1.27 bits per heavy atom. The van der Waals surface area contributed by atoms with Gasteiger partial charge < -0.3 is 14.8 Å². The Bertz CT molecular complexity index is 835. The van der Waals surface area contributed by atoms with Crippen LogP contribution in [0.2, 0.25) is 0 Å². The van der Waals surface area contributed by atoms with E-state index in [1.54, 1.807) is 12.3 Å². The molecule has 1 aromatic carbocycles. The molecule has 134 valence electrons. The van der Waals surface area contributed by atoms with E-state index in [1.807, 2.05) is 31.3 Å². The van der Waals surface area contributed by atoms with Gasteiger partial charge in [0.1, 0.15) is 0 Å². The summed E-state index contributed by atoms with van der Waals surface area (Å²) in [6.45, 7) is 3.76. The van der Waals surface area contributed by atoms with E-state index < -0.39 is 0 Å². The Morgan fingerprint density at radius 2 is 2.15 bits per heavy atom. The topological polar surface area (TPSA) is 63.7 Å². The fourth-order valence-corrected chi connectivity index (χ4v) is 3.25. The van der Waals surface area contributed by atoms with E-state index in [4.69, 9.17) is 9.47 Å². The van der Waals surface area contributed by atoms with Crippen molar-refractivity contribution in [3.63, 3.8) is 0 Å². The van der Waals surface area contributed by atoms with Crippen LogP contribution in [0.5, 0.6) is 11.5 Å². The van der Waals surface area contributed by atoms with Crippen molar-refractivity contribution >= 4 is 17.2 Å². The molecular formula is C20H21N3O3. The second kappa shape index (κ2) is 7.17. The number of hydrogen-bond donors (Lipinski definition) is 1. The van der Waals surface area contributed by atoms with E-state index in [2.05, 4.69) is 27.3 Å². The summed E-state index contributed by atoms with van der Waals surface area (Å²) in [7, 11) is 0. The van der Waals surface area contributed by atoms with Gasteiger partial charge in [0.15, 0.2) is 11.5 Å². The molecule has 0 bridgehead atoms. The molecule has 2 aromatic rings. The summed E-state index contributed by atoms with van der Waals surface area (Å²) in [5, 5.41) is 2.98. The Morgan fingerprint density at radius 3 is 3.00 bits per heavy atom. The van der Waals surface area contributed by atoms with Crippen molar-refractivity contribution in [1.82, 2.24) is 9.88 Å². The summed E-state index contributed by atoms with van der Waals surface area (Å²) >= 11 is 0. The monoisotopic (exact) mass is 351 g/mol. The van der Waals surface area contributed by atoms with Gasteiger partial charge in [0.25, 0.3) is 0 Å². The van der Waals surface area contributed by atoms with E-state index in [0.29, 0.717) is 17.2 Å². The SMILES string of the molecule is CC(C(=O)Nc1ccc2c(c1)OCO2)N1CCC=C(c2cccnc2)C1. The first-order chi connectivity index (χ1) is 12.7. The Balaban J connectivity index is 1.41. The maximum Gasteiger partial charge on any atom is 0.241 e. The van der Waals surface area contributed by atoms with Crippen molar-refractivity contribution < 1.29 is 14.3 Å². The van der Waals surface area contributed by atoms with Gasteiger partial charge in [-0.05, 0) is 42.7 Å². The van der Waals surface area contributed by atoms with Crippen LogP contribution in [0.25, 0.3) is 5.57 Å². The highest BCUT2D eigenvalue weighted by atomic mass is 16.7. The number of rotatable bonds is 4. The number of nitrogens with one attached hydrogen (secondary N) is 1. The van der Waals surface area contributed by atoms with Crippen LogP contribution < -0.4 is 14.8 Å². The van der Waals surface area contributed by atoms with E-state index in [1.165, 1.54) is 5.57 Å². The van der Waals surface area contributed by atoms with Crippen LogP contribution in [0.15, 0.2) is 48.8 Å². The number of amides is 1. The van der Waals surface area contributed by atoms with Gasteiger partial charge in [-0.3, -0.25) is 14.7 Å². The number of benzene rings is 1. The van der Waals surface area contributed by atoms with E-state index in [9.17, 15) is 4.79 Å². The summed E-state index contributed by atoms with van der Waals surface area (Å²) in [6.07, 6.45) is 6.79. The third-order valence-corrected chi connectivity index (χ3v) is 4.78. The Labute approximate surface area is 152 Å². The molecule has 1 unspecified atom stereocenters. The summed E-state index contributed by atoms with van der Waals surface area (Å²) in [6, 6.07) is 9.19. The predicted molar refractivity (Wildman–Crippen MR) is 99.1 cm³/mol. The normalized spacial score (nSPS) is 17.5. The summed E-state index contributed by atoms with van der Waals surface area (Å²) in [5.41, 5.74) is 3.04. The maximum absolute atomic E-state index is 12.7. The van der Waals surface area contributed by atoms with E-state index >= 15 is 0 Å². The molecule has 2 aliphatic rings. The van der Waals surface area contributed by atoms with Crippen molar-refractivity contribution in [3.8, 4) is 11.5 Å². The Hall–Kier alpha value is -2.86. The Kier molecular flexibility index (Phi) is 4.58. The van der Waals surface area contributed by atoms with Gasteiger partial charge in [-0.2, -0.15) is 0 Å². The molecule has 0 spiro atoms. The quantitative estimate of drug-likeness (QED) is 0.918. The van der Waals surface area contributed by atoms with E-state index in [0.717, 1.165) is 25.1 Å². The minimum Gasteiger partial charge on any atom is -0.454 e. The minimum absolute atomic E-state index is 0.0312. The zero-order chi connectivity index (χ0) is 17.9. The van der Waals surface area contributed by atoms with Gasteiger partial charge in [-0.25, -0.2) is 0 Å². The van der Waals surface area contributed by atoms with Crippen LogP contribution >= 0.6 is 0 Å². The van der Waals surface area contributed by atoms with Crippen LogP contribution in [-0.2, 0) is 4.79 Å². The van der Waals surface area contributed by atoms with Crippen molar-refractivity contribution in [2.75, 3.05) is 25.2 Å². The van der Waals surface area contributed by atoms with Crippen LogP contribution in [0.4, 0.5) is 5.69 Å². The number of fused-ring (bicyclic) bond motifs is 1. The summed E-state index contributed by atoms with van der Waals surface area (Å²) in [5.74, 6) is 1.34. The average molecular weight is 351 g/mol. The first-order valence-electron chi connectivity index (χ1n) is 8.75. The average Bonchev–Trinajstić information content (AvgIpc) is 3.16. The number of carbonyl (C=O) groups is 1. The fraction of sp³-hybridized carbons (Fsp3) is 0.300. The molecule has 1 amide bonds. The number of pyridine rings is 1. The predicted octanol–water partition coefficient (Wildman–Crippen LogP) is 2.93. The molecule has 2 aliphatic heterocycles. The van der Waals surface area contributed by atoms with Crippen LogP contribution in [0.1, 0.15) is 18.9 Å².